The van der Waals surface area contributed by atoms with E-state index in [4.69, 9.17) is 0 Å². The minimum absolute atomic E-state index is 0.00168. The summed E-state index contributed by atoms with van der Waals surface area (Å²) in [5, 5.41) is 0. The van der Waals surface area contributed by atoms with Crippen molar-refractivity contribution in [3.63, 3.8) is 0 Å². The lowest BCUT2D eigenvalue weighted by Crippen LogP contribution is -2.45. The summed E-state index contributed by atoms with van der Waals surface area (Å²) in [7, 11) is -1.77. The molecule has 3 rings (SSSR count). The van der Waals surface area contributed by atoms with Gasteiger partial charge in [0.25, 0.3) is 0 Å². The third-order valence-corrected chi connectivity index (χ3v) is 6.63. The monoisotopic (exact) mass is 372 g/mol. The maximum Gasteiger partial charge on any atom is 0.243 e. The first kappa shape index (κ1) is 18.6. The summed E-state index contributed by atoms with van der Waals surface area (Å²) in [5.41, 5.74) is 1.06. The van der Waals surface area contributed by atoms with Gasteiger partial charge in [-0.15, -0.1) is 0 Å². The predicted molar refractivity (Wildman–Crippen MR) is 101 cm³/mol. The Kier molecular flexibility index (Phi) is 5.74. The van der Waals surface area contributed by atoms with Gasteiger partial charge >= 0.3 is 0 Å². The zero-order valence-corrected chi connectivity index (χ0v) is 15.7. The normalized spacial score (nSPS) is 18.4. The van der Waals surface area contributed by atoms with Crippen molar-refractivity contribution < 1.29 is 13.2 Å². The van der Waals surface area contributed by atoms with Gasteiger partial charge in [-0.05, 0) is 30.5 Å². The zero-order valence-electron chi connectivity index (χ0n) is 14.9. The van der Waals surface area contributed by atoms with E-state index in [-0.39, 0.29) is 23.3 Å². The SMILES string of the molecule is CN(Cc1ccccc1)C(=O)C1CCCN(S(=O)(=O)c2ccccc2)C1. The lowest BCUT2D eigenvalue weighted by molar-refractivity contribution is -0.135. The summed E-state index contributed by atoms with van der Waals surface area (Å²) in [6.45, 7) is 1.24. The Hall–Kier alpha value is -2.18. The average Bonchev–Trinajstić information content (AvgIpc) is 2.69. The van der Waals surface area contributed by atoms with Crippen LogP contribution in [0.15, 0.2) is 65.6 Å². The Bertz CT molecular complexity index is 838. The van der Waals surface area contributed by atoms with Gasteiger partial charge in [0, 0.05) is 26.7 Å². The predicted octanol–water partition coefficient (Wildman–Crippen LogP) is 2.75. The number of carbonyl (C=O) groups is 1. The second-order valence-corrected chi connectivity index (χ2v) is 8.63. The molecular weight excluding hydrogens is 348 g/mol. The molecule has 1 amide bonds. The maximum absolute atomic E-state index is 12.8. The second-order valence-electron chi connectivity index (χ2n) is 6.70. The van der Waals surface area contributed by atoms with Crippen LogP contribution in [0.4, 0.5) is 0 Å². The molecule has 26 heavy (non-hydrogen) atoms. The Morgan fingerprint density at radius 1 is 1.08 bits per heavy atom. The summed E-state index contributed by atoms with van der Waals surface area (Å²) >= 11 is 0. The van der Waals surface area contributed by atoms with E-state index >= 15 is 0 Å². The van der Waals surface area contributed by atoms with Gasteiger partial charge in [0.05, 0.1) is 10.8 Å². The van der Waals surface area contributed by atoms with E-state index in [1.165, 1.54) is 4.31 Å². The van der Waals surface area contributed by atoms with E-state index in [1.807, 2.05) is 30.3 Å². The van der Waals surface area contributed by atoms with Gasteiger partial charge in [-0.1, -0.05) is 48.5 Å². The molecule has 0 spiro atoms. The van der Waals surface area contributed by atoms with Gasteiger partial charge < -0.3 is 4.90 Å². The van der Waals surface area contributed by atoms with Crippen LogP contribution in [0.25, 0.3) is 0 Å². The molecule has 1 aliphatic heterocycles. The molecule has 0 radical (unpaired) electrons. The molecule has 0 aliphatic carbocycles. The summed E-state index contributed by atoms with van der Waals surface area (Å²) in [6.07, 6.45) is 1.42. The number of carbonyl (C=O) groups excluding carboxylic acids is 1. The fourth-order valence-electron chi connectivity index (χ4n) is 3.35. The van der Waals surface area contributed by atoms with Crippen LogP contribution in [0, 0.1) is 5.92 Å². The number of piperidine rings is 1. The summed E-state index contributed by atoms with van der Waals surface area (Å²) < 4.78 is 27.1. The molecule has 2 aromatic carbocycles. The summed E-state index contributed by atoms with van der Waals surface area (Å²) in [4.78, 5) is 14.8. The third-order valence-electron chi connectivity index (χ3n) is 4.75. The molecule has 2 aromatic rings. The molecule has 1 aliphatic rings. The molecule has 0 aromatic heterocycles. The molecular formula is C20H24N2O3S. The van der Waals surface area contributed by atoms with Crippen LogP contribution in [0.5, 0.6) is 0 Å². The topological polar surface area (TPSA) is 57.7 Å². The Balaban J connectivity index is 1.69. The first-order valence-corrected chi connectivity index (χ1v) is 10.3. The molecule has 0 N–H and O–H groups in total. The summed E-state index contributed by atoms with van der Waals surface area (Å²) in [5.74, 6) is -0.294. The molecule has 1 heterocycles. The minimum Gasteiger partial charge on any atom is -0.341 e. The van der Waals surface area contributed by atoms with E-state index in [1.54, 1.807) is 42.3 Å². The van der Waals surface area contributed by atoms with Gasteiger partial charge in [-0.2, -0.15) is 4.31 Å². The van der Waals surface area contributed by atoms with E-state index in [2.05, 4.69) is 0 Å². The van der Waals surface area contributed by atoms with Crippen molar-refractivity contribution in [1.82, 2.24) is 9.21 Å². The lowest BCUT2D eigenvalue weighted by Gasteiger charge is -2.33. The van der Waals surface area contributed by atoms with Crippen LogP contribution < -0.4 is 0 Å². The van der Waals surface area contributed by atoms with Gasteiger partial charge in [0.2, 0.25) is 15.9 Å². The van der Waals surface area contributed by atoms with Crippen LogP contribution in [-0.4, -0.2) is 43.7 Å². The van der Waals surface area contributed by atoms with Crippen LogP contribution in [0.1, 0.15) is 18.4 Å². The number of rotatable bonds is 5. The summed E-state index contributed by atoms with van der Waals surface area (Å²) in [6, 6.07) is 18.2. The molecule has 1 atom stereocenters. The highest BCUT2D eigenvalue weighted by atomic mass is 32.2. The molecule has 1 saturated heterocycles. The highest BCUT2D eigenvalue weighted by molar-refractivity contribution is 7.89. The fourth-order valence-corrected chi connectivity index (χ4v) is 4.90. The third kappa shape index (κ3) is 4.14. The average molecular weight is 372 g/mol. The van der Waals surface area contributed by atoms with Gasteiger partial charge in [-0.3, -0.25) is 4.79 Å². The Labute approximate surface area is 155 Å². The maximum atomic E-state index is 12.8. The molecule has 1 unspecified atom stereocenters. The number of nitrogens with zero attached hydrogens (tertiary/aromatic N) is 2. The Morgan fingerprint density at radius 3 is 2.35 bits per heavy atom. The van der Waals surface area contributed by atoms with Gasteiger partial charge in [0.15, 0.2) is 0 Å². The highest BCUT2D eigenvalue weighted by Crippen LogP contribution is 2.25. The van der Waals surface area contributed by atoms with Crippen LogP contribution >= 0.6 is 0 Å². The standard InChI is InChI=1S/C20H24N2O3S/c1-21(15-17-9-4-2-5-10-17)20(23)18-11-8-14-22(16-18)26(24,25)19-12-6-3-7-13-19/h2-7,9-10,12-13,18H,8,11,14-16H2,1H3. The van der Waals surface area contributed by atoms with E-state index < -0.39 is 10.0 Å². The largest absolute Gasteiger partial charge is 0.341 e. The lowest BCUT2D eigenvalue weighted by atomic mass is 9.98. The zero-order chi connectivity index (χ0) is 18.6. The van der Waals surface area contributed by atoms with Crippen LogP contribution in [0.3, 0.4) is 0 Å². The number of hydrogen-bond acceptors (Lipinski definition) is 3. The highest BCUT2D eigenvalue weighted by Gasteiger charge is 2.34. The fraction of sp³-hybridized carbons (Fsp3) is 0.350. The smallest absolute Gasteiger partial charge is 0.243 e. The van der Waals surface area contributed by atoms with Crippen molar-refractivity contribution in [3.05, 3.63) is 66.2 Å². The molecule has 5 nitrogen and oxygen atoms in total. The molecule has 0 saturated carbocycles. The second kappa shape index (κ2) is 8.01. The van der Waals surface area contributed by atoms with Crippen molar-refractivity contribution >= 4 is 15.9 Å². The first-order valence-electron chi connectivity index (χ1n) is 8.82. The van der Waals surface area contributed by atoms with Crippen LogP contribution in [-0.2, 0) is 21.4 Å². The quantitative estimate of drug-likeness (QED) is 0.811. The Morgan fingerprint density at radius 2 is 1.69 bits per heavy atom. The van der Waals surface area contributed by atoms with Crippen molar-refractivity contribution in [2.75, 3.05) is 20.1 Å². The number of benzene rings is 2. The minimum atomic E-state index is -3.55. The molecule has 0 bridgehead atoms. The molecule has 6 heteroatoms. The van der Waals surface area contributed by atoms with Crippen molar-refractivity contribution in [1.29, 1.82) is 0 Å². The van der Waals surface area contributed by atoms with Gasteiger partial charge in [0.1, 0.15) is 0 Å². The van der Waals surface area contributed by atoms with E-state index in [0.29, 0.717) is 19.5 Å². The van der Waals surface area contributed by atoms with Crippen molar-refractivity contribution in [3.8, 4) is 0 Å². The number of hydrogen-bond donors (Lipinski definition) is 0. The number of amides is 1. The molecule has 1 fully saturated rings. The first-order chi connectivity index (χ1) is 12.5. The van der Waals surface area contributed by atoms with Gasteiger partial charge in [-0.25, -0.2) is 8.42 Å². The number of sulfonamides is 1. The van der Waals surface area contributed by atoms with E-state index in [9.17, 15) is 13.2 Å². The molecule has 138 valence electrons. The van der Waals surface area contributed by atoms with Crippen molar-refractivity contribution in [2.45, 2.75) is 24.3 Å². The van der Waals surface area contributed by atoms with Crippen molar-refractivity contribution in [2.24, 2.45) is 5.92 Å². The van der Waals surface area contributed by atoms with Crippen LogP contribution in [0.2, 0.25) is 0 Å². The van der Waals surface area contributed by atoms with E-state index in [0.717, 1.165) is 12.0 Å².